The maximum atomic E-state index is 11.0. The number of rotatable bonds is 1. The van der Waals surface area contributed by atoms with Gasteiger partial charge in [-0.05, 0) is 57.3 Å². The highest BCUT2D eigenvalue weighted by atomic mass is 16.6. The van der Waals surface area contributed by atoms with E-state index in [9.17, 15) is 5.11 Å². The average Bonchev–Trinajstić information content (AvgIpc) is 3.02. The molecule has 1 N–H and O–H groups in total. The van der Waals surface area contributed by atoms with Crippen LogP contribution < -0.4 is 0 Å². The van der Waals surface area contributed by atoms with Gasteiger partial charge in [0.15, 0.2) is 0 Å². The van der Waals surface area contributed by atoms with Gasteiger partial charge in [0, 0.05) is 12.3 Å². The molecule has 8 unspecified atom stereocenters. The third-order valence-electron chi connectivity index (χ3n) is 7.33. The number of hydrogen-bond acceptors (Lipinski definition) is 3. The minimum Gasteiger partial charge on any atom is -0.387 e. The van der Waals surface area contributed by atoms with Crippen molar-refractivity contribution < 1.29 is 14.6 Å². The molecule has 4 rings (SSSR count). The molecule has 0 aromatic heterocycles. The molecule has 3 nitrogen and oxygen atoms in total. The molecule has 4 aliphatic rings. The van der Waals surface area contributed by atoms with E-state index < -0.39 is 5.60 Å². The minimum absolute atomic E-state index is 0.0488. The van der Waals surface area contributed by atoms with E-state index >= 15 is 0 Å². The van der Waals surface area contributed by atoms with Crippen molar-refractivity contribution in [1.29, 1.82) is 0 Å². The summed E-state index contributed by atoms with van der Waals surface area (Å²) in [5, 5.41) is 11.0. The Balaban J connectivity index is 1.78. The third-order valence-corrected chi connectivity index (χ3v) is 7.33. The lowest BCUT2D eigenvalue weighted by Crippen LogP contribution is -2.50. The Labute approximate surface area is 140 Å². The zero-order chi connectivity index (χ0) is 16.6. The Kier molecular flexibility index (Phi) is 3.54. The summed E-state index contributed by atoms with van der Waals surface area (Å²) in [5.41, 5.74) is 0.293. The van der Waals surface area contributed by atoms with E-state index in [1.807, 2.05) is 6.92 Å². The van der Waals surface area contributed by atoms with Gasteiger partial charge in [0.2, 0.25) is 0 Å². The van der Waals surface area contributed by atoms with E-state index in [-0.39, 0.29) is 23.9 Å². The van der Waals surface area contributed by atoms with Crippen LogP contribution in [0.3, 0.4) is 0 Å². The molecule has 8 atom stereocenters. The topological polar surface area (TPSA) is 38.7 Å². The maximum absolute atomic E-state index is 11.0. The van der Waals surface area contributed by atoms with Crippen molar-refractivity contribution in [3.05, 3.63) is 12.2 Å². The van der Waals surface area contributed by atoms with Crippen molar-refractivity contribution in [2.45, 2.75) is 89.3 Å². The van der Waals surface area contributed by atoms with Crippen LogP contribution in [0.15, 0.2) is 12.2 Å². The molecule has 1 saturated carbocycles. The smallest absolute Gasteiger partial charge is 0.0924 e. The Bertz CT molecular complexity index is 511. The summed E-state index contributed by atoms with van der Waals surface area (Å²) in [6.07, 6.45) is 5.16. The summed E-state index contributed by atoms with van der Waals surface area (Å²) in [7, 11) is 0. The van der Waals surface area contributed by atoms with E-state index in [1.54, 1.807) is 0 Å². The van der Waals surface area contributed by atoms with Gasteiger partial charge >= 0.3 is 0 Å². The van der Waals surface area contributed by atoms with Crippen LogP contribution in [-0.2, 0) is 9.47 Å². The van der Waals surface area contributed by atoms with Gasteiger partial charge in [-0.3, -0.25) is 0 Å². The minimum atomic E-state index is -0.798. The lowest BCUT2D eigenvalue weighted by atomic mass is 9.61. The first-order valence-corrected chi connectivity index (χ1v) is 9.46. The normalized spacial score (nSPS) is 55.7. The Morgan fingerprint density at radius 3 is 2.70 bits per heavy atom. The van der Waals surface area contributed by atoms with Crippen molar-refractivity contribution >= 4 is 0 Å². The monoisotopic (exact) mass is 320 g/mol. The lowest BCUT2D eigenvalue weighted by molar-refractivity contribution is -0.207. The van der Waals surface area contributed by atoms with Gasteiger partial charge in [-0.1, -0.05) is 26.0 Å². The van der Waals surface area contributed by atoms with Crippen LogP contribution in [0.1, 0.15) is 59.8 Å². The quantitative estimate of drug-likeness (QED) is 0.749. The number of hydrogen-bond donors (Lipinski definition) is 1. The first kappa shape index (κ1) is 16.1. The van der Waals surface area contributed by atoms with Crippen LogP contribution in [0.25, 0.3) is 0 Å². The molecule has 0 aromatic rings. The first-order valence-electron chi connectivity index (χ1n) is 9.46. The summed E-state index contributed by atoms with van der Waals surface area (Å²) in [6, 6.07) is 0. The highest BCUT2D eigenvalue weighted by molar-refractivity contribution is 5.20. The van der Waals surface area contributed by atoms with Crippen LogP contribution in [0.5, 0.6) is 0 Å². The van der Waals surface area contributed by atoms with Gasteiger partial charge in [0.25, 0.3) is 0 Å². The van der Waals surface area contributed by atoms with Crippen LogP contribution in [0, 0.1) is 23.7 Å². The molecule has 1 aliphatic carbocycles. The maximum Gasteiger partial charge on any atom is 0.0924 e. The van der Waals surface area contributed by atoms with Crippen molar-refractivity contribution in [2.24, 2.45) is 23.7 Å². The second-order valence-electron chi connectivity index (χ2n) is 9.32. The van der Waals surface area contributed by atoms with Crippen molar-refractivity contribution in [2.75, 3.05) is 0 Å². The molecular weight excluding hydrogens is 288 g/mol. The first-order chi connectivity index (χ1) is 10.7. The van der Waals surface area contributed by atoms with Crippen molar-refractivity contribution in [1.82, 2.24) is 0 Å². The van der Waals surface area contributed by atoms with Gasteiger partial charge in [-0.2, -0.15) is 0 Å². The van der Waals surface area contributed by atoms with Crippen molar-refractivity contribution in [3.8, 4) is 0 Å². The fourth-order valence-electron chi connectivity index (χ4n) is 6.09. The number of aliphatic hydroxyl groups is 1. The fraction of sp³-hybridized carbons (Fsp3) is 0.900. The molecule has 23 heavy (non-hydrogen) atoms. The molecule has 0 amide bonds. The fourth-order valence-corrected chi connectivity index (χ4v) is 6.09. The van der Waals surface area contributed by atoms with E-state index in [0.717, 1.165) is 19.3 Å². The molecule has 4 bridgehead atoms. The van der Waals surface area contributed by atoms with Crippen LogP contribution in [-0.4, -0.2) is 34.6 Å². The van der Waals surface area contributed by atoms with Gasteiger partial charge in [-0.25, -0.2) is 0 Å². The summed E-state index contributed by atoms with van der Waals surface area (Å²) in [6.45, 7) is 13.2. The van der Waals surface area contributed by atoms with Gasteiger partial charge < -0.3 is 14.6 Å². The molecule has 3 saturated heterocycles. The highest BCUT2D eigenvalue weighted by Crippen LogP contribution is 2.58. The van der Waals surface area contributed by atoms with Crippen molar-refractivity contribution in [3.63, 3.8) is 0 Å². The largest absolute Gasteiger partial charge is 0.387 e. The molecule has 4 fully saturated rings. The van der Waals surface area contributed by atoms with Crippen LogP contribution in [0.2, 0.25) is 0 Å². The van der Waals surface area contributed by atoms with Gasteiger partial charge in [0.05, 0.1) is 29.5 Å². The highest BCUT2D eigenvalue weighted by Gasteiger charge is 2.63. The molecule has 0 aromatic carbocycles. The van der Waals surface area contributed by atoms with Crippen LogP contribution in [0.4, 0.5) is 0 Å². The standard InChI is InChI=1S/C20H32O3/c1-11(2)13-7-6-12(3)16-14-10-19(4,21)15-8-9-20(5,23-15)18(22-14)17(13)16/h11,13-18,21H,3,6-10H2,1-2,4-5H3. The second kappa shape index (κ2) is 5.06. The summed E-state index contributed by atoms with van der Waals surface area (Å²) in [4.78, 5) is 0. The molecule has 130 valence electrons. The Morgan fingerprint density at radius 2 is 2.00 bits per heavy atom. The number of fused-ring (bicyclic) bond motifs is 8. The SMILES string of the molecule is C=C1CCC(C(C)C)C2C1C1CC(C)(O)C3CCC(C)(O3)C2O1. The second-order valence-corrected chi connectivity index (χ2v) is 9.32. The predicted octanol–water partition coefficient (Wildman–Crippen LogP) is 3.70. The Hall–Kier alpha value is -0.380. The zero-order valence-electron chi connectivity index (χ0n) is 15.0. The lowest BCUT2D eigenvalue weighted by Gasteiger charge is -2.43. The molecule has 3 heterocycles. The van der Waals surface area contributed by atoms with Gasteiger partial charge in [0.1, 0.15) is 0 Å². The summed E-state index contributed by atoms with van der Waals surface area (Å²) >= 11 is 0. The molecule has 0 radical (unpaired) electrons. The molecule has 3 heteroatoms. The van der Waals surface area contributed by atoms with E-state index in [2.05, 4.69) is 27.4 Å². The number of ether oxygens (including phenoxy) is 2. The van der Waals surface area contributed by atoms with Gasteiger partial charge in [-0.15, -0.1) is 0 Å². The molecule has 0 spiro atoms. The van der Waals surface area contributed by atoms with E-state index in [0.29, 0.717) is 30.1 Å². The molecule has 3 aliphatic heterocycles. The summed E-state index contributed by atoms with van der Waals surface area (Å²) < 4.78 is 13.1. The van der Waals surface area contributed by atoms with Crippen LogP contribution >= 0.6 is 0 Å². The summed E-state index contributed by atoms with van der Waals surface area (Å²) in [5.74, 6) is 2.22. The molecular formula is C20H32O3. The van der Waals surface area contributed by atoms with E-state index in [1.165, 1.54) is 12.0 Å². The van der Waals surface area contributed by atoms with E-state index in [4.69, 9.17) is 9.47 Å². The Morgan fingerprint density at radius 1 is 1.26 bits per heavy atom. The third kappa shape index (κ3) is 2.26. The average molecular weight is 320 g/mol. The predicted molar refractivity (Wildman–Crippen MR) is 90.1 cm³/mol. The zero-order valence-corrected chi connectivity index (χ0v) is 15.0.